The van der Waals surface area contributed by atoms with Gasteiger partial charge in [-0.15, -0.1) is 0 Å². The maximum atomic E-state index is 11.3. The van der Waals surface area contributed by atoms with E-state index in [4.69, 9.17) is 14.2 Å². The van der Waals surface area contributed by atoms with Crippen molar-refractivity contribution >= 4 is 12.1 Å². The maximum Gasteiger partial charge on any atom is 0.408 e. The van der Waals surface area contributed by atoms with Gasteiger partial charge >= 0.3 is 12.1 Å². The number of carbonyl (C=O) groups is 2. The summed E-state index contributed by atoms with van der Waals surface area (Å²) in [4.78, 5) is 22.4. The molecule has 0 aliphatic carbocycles. The Balaban J connectivity index is 2.04. The van der Waals surface area contributed by atoms with Crippen LogP contribution in [-0.2, 0) is 19.8 Å². The lowest BCUT2D eigenvalue weighted by molar-refractivity contribution is -0.169. The molecule has 0 radical (unpaired) electrons. The topological polar surface area (TPSA) is 73.9 Å². The lowest BCUT2D eigenvalue weighted by Crippen LogP contribution is -2.50. The number of cyclic esters (lactones) is 1. The zero-order valence-electron chi connectivity index (χ0n) is 9.64. The molecule has 2 unspecified atom stereocenters. The van der Waals surface area contributed by atoms with E-state index >= 15 is 0 Å². The fourth-order valence-electron chi connectivity index (χ4n) is 2.26. The summed E-state index contributed by atoms with van der Waals surface area (Å²) in [6, 6.07) is 7.20. The second kappa shape index (κ2) is 3.63. The zero-order chi connectivity index (χ0) is 12.8. The average Bonchev–Trinajstić information content (AvgIpc) is 2.84. The zero-order valence-corrected chi connectivity index (χ0v) is 9.64. The maximum absolute atomic E-state index is 11.3. The van der Waals surface area contributed by atoms with E-state index in [1.807, 2.05) is 12.1 Å². The standard InChI is InChI=1S/C12H11NO5/c1-7(14)17-10-12(6-16-11(15)13-12)8-4-2-3-5-9(8)18-10/h2-5,10H,6H2,1H3,(H,13,15). The first kappa shape index (κ1) is 10.9. The second-order valence-corrected chi connectivity index (χ2v) is 4.23. The molecule has 1 fully saturated rings. The summed E-state index contributed by atoms with van der Waals surface area (Å²) >= 11 is 0. The molecule has 6 heteroatoms. The first-order valence-electron chi connectivity index (χ1n) is 5.50. The van der Waals surface area contributed by atoms with Gasteiger partial charge in [-0.05, 0) is 6.07 Å². The highest BCUT2D eigenvalue weighted by Gasteiger charge is 2.57. The fourth-order valence-corrected chi connectivity index (χ4v) is 2.26. The van der Waals surface area contributed by atoms with Gasteiger partial charge in [0.2, 0.25) is 0 Å². The monoisotopic (exact) mass is 249 g/mol. The minimum absolute atomic E-state index is 0.0702. The summed E-state index contributed by atoms with van der Waals surface area (Å²) in [5.41, 5.74) is -0.193. The Labute approximate surface area is 103 Å². The van der Waals surface area contributed by atoms with Gasteiger partial charge in [0.1, 0.15) is 12.4 Å². The first-order chi connectivity index (χ1) is 8.62. The largest absolute Gasteiger partial charge is 0.451 e. The van der Waals surface area contributed by atoms with Gasteiger partial charge in [0.25, 0.3) is 6.29 Å². The minimum Gasteiger partial charge on any atom is -0.451 e. The Bertz CT molecular complexity index is 529. The third-order valence-electron chi connectivity index (χ3n) is 3.03. The van der Waals surface area contributed by atoms with Crippen LogP contribution < -0.4 is 10.1 Å². The second-order valence-electron chi connectivity index (χ2n) is 4.23. The number of nitrogens with one attached hydrogen (secondary N) is 1. The molecule has 2 aliphatic heterocycles. The number of carbonyl (C=O) groups excluding carboxylic acids is 2. The summed E-state index contributed by atoms with van der Waals surface area (Å²) < 4.78 is 15.6. The van der Waals surface area contributed by atoms with Gasteiger partial charge in [-0.1, -0.05) is 18.2 Å². The number of alkyl carbamates (subject to hydrolysis) is 1. The normalized spacial score (nSPS) is 28.3. The molecule has 2 heterocycles. The molecule has 0 saturated carbocycles. The molecule has 2 aliphatic rings. The van der Waals surface area contributed by atoms with Gasteiger partial charge in [0.15, 0.2) is 5.54 Å². The van der Waals surface area contributed by atoms with Crippen molar-refractivity contribution < 1.29 is 23.8 Å². The van der Waals surface area contributed by atoms with Crippen LogP contribution in [-0.4, -0.2) is 25.0 Å². The van der Waals surface area contributed by atoms with Crippen LogP contribution in [0.1, 0.15) is 12.5 Å². The summed E-state index contributed by atoms with van der Waals surface area (Å²) in [5.74, 6) is 0.0999. The SMILES string of the molecule is CC(=O)OC1Oc2ccccc2C12COC(=O)N2. The van der Waals surface area contributed by atoms with Crippen molar-refractivity contribution in [1.29, 1.82) is 0 Å². The van der Waals surface area contributed by atoms with Crippen LogP contribution in [0.3, 0.4) is 0 Å². The van der Waals surface area contributed by atoms with Gasteiger partial charge in [-0.25, -0.2) is 4.79 Å². The van der Waals surface area contributed by atoms with Crippen LogP contribution in [0.25, 0.3) is 0 Å². The number of benzene rings is 1. The number of para-hydroxylation sites is 1. The number of esters is 1. The summed E-state index contributed by atoms with van der Waals surface area (Å²) in [6.07, 6.45) is -1.45. The fraction of sp³-hybridized carbons (Fsp3) is 0.333. The highest BCUT2D eigenvalue weighted by molar-refractivity contribution is 5.73. The molecule has 0 aromatic heterocycles. The Morgan fingerprint density at radius 3 is 2.94 bits per heavy atom. The highest BCUT2D eigenvalue weighted by Crippen LogP contribution is 2.43. The van der Waals surface area contributed by atoms with Crippen LogP contribution in [0.15, 0.2) is 24.3 Å². The van der Waals surface area contributed by atoms with E-state index in [2.05, 4.69) is 5.32 Å². The quantitative estimate of drug-likeness (QED) is 0.748. The Morgan fingerprint density at radius 2 is 2.28 bits per heavy atom. The Kier molecular flexibility index (Phi) is 2.19. The number of amides is 1. The van der Waals surface area contributed by atoms with Crippen molar-refractivity contribution in [3.05, 3.63) is 29.8 Å². The van der Waals surface area contributed by atoms with E-state index < -0.39 is 23.9 Å². The van der Waals surface area contributed by atoms with Crippen molar-refractivity contribution in [2.24, 2.45) is 0 Å². The van der Waals surface area contributed by atoms with Crippen molar-refractivity contribution in [2.45, 2.75) is 18.8 Å². The smallest absolute Gasteiger partial charge is 0.408 e. The van der Waals surface area contributed by atoms with Crippen molar-refractivity contribution in [3.8, 4) is 5.75 Å². The van der Waals surface area contributed by atoms with Crippen LogP contribution in [0.2, 0.25) is 0 Å². The highest BCUT2D eigenvalue weighted by atomic mass is 16.7. The number of fused-ring (bicyclic) bond motifs is 2. The van der Waals surface area contributed by atoms with Crippen molar-refractivity contribution in [1.82, 2.24) is 5.32 Å². The molecule has 1 saturated heterocycles. The molecule has 1 spiro atoms. The molecule has 0 bridgehead atoms. The number of hydrogen-bond donors (Lipinski definition) is 1. The van der Waals surface area contributed by atoms with E-state index in [9.17, 15) is 9.59 Å². The number of rotatable bonds is 1. The van der Waals surface area contributed by atoms with Gasteiger partial charge < -0.3 is 19.5 Å². The van der Waals surface area contributed by atoms with Crippen LogP contribution in [0, 0.1) is 0 Å². The summed E-state index contributed by atoms with van der Waals surface area (Å²) in [6.45, 7) is 1.36. The van der Waals surface area contributed by atoms with E-state index in [1.54, 1.807) is 12.1 Å². The molecule has 2 atom stereocenters. The van der Waals surface area contributed by atoms with Gasteiger partial charge in [0.05, 0.1) is 0 Å². The van der Waals surface area contributed by atoms with Gasteiger partial charge in [-0.3, -0.25) is 4.79 Å². The van der Waals surface area contributed by atoms with E-state index in [-0.39, 0.29) is 6.61 Å². The number of hydrogen-bond acceptors (Lipinski definition) is 5. The molecule has 1 amide bonds. The molecule has 1 N–H and O–H groups in total. The molecule has 3 rings (SSSR count). The van der Waals surface area contributed by atoms with Crippen molar-refractivity contribution in [3.63, 3.8) is 0 Å². The molecular weight excluding hydrogens is 238 g/mol. The average molecular weight is 249 g/mol. The third-order valence-corrected chi connectivity index (χ3v) is 3.03. The molecule has 6 nitrogen and oxygen atoms in total. The third kappa shape index (κ3) is 1.42. The Morgan fingerprint density at radius 1 is 1.50 bits per heavy atom. The van der Waals surface area contributed by atoms with Crippen LogP contribution in [0.4, 0.5) is 4.79 Å². The molecule has 18 heavy (non-hydrogen) atoms. The molecule has 1 aromatic carbocycles. The first-order valence-corrected chi connectivity index (χ1v) is 5.50. The van der Waals surface area contributed by atoms with Crippen LogP contribution in [0.5, 0.6) is 5.75 Å². The number of ether oxygens (including phenoxy) is 3. The van der Waals surface area contributed by atoms with Gasteiger partial charge in [-0.2, -0.15) is 0 Å². The van der Waals surface area contributed by atoms with Crippen LogP contribution >= 0.6 is 0 Å². The summed E-state index contributed by atoms with van der Waals surface area (Å²) in [5, 5.41) is 2.68. The summed E-state index contributed by atoms with van der Waals surface area (Å²) in [7, 11) is 0. The molecule has 1 aromatic rings. The van der Waals surface area contributed by atoms with E-state index in [0.717, 1.165) is 5.56 Å². The lowest BCUT2D eigenvalue weighted by Gasteiger charge is -2.26. The van der Waals surface area contributed by atoms with E-state index in [1.165, 1.54) is 6.92 Å². The molecule has 94 valence electrons. The minimum atomic E-state index is -0.945. The lowest BCUT2D eigenvalue weighted by atomic mass is 9.92. The Hall–Kier alpha value is -2.24. The van der Waals surface area contributed by atoms with Crippen molar-refractivity contribution in [2.75, 3.05) is 6.61 Å². The van der Waals surface area contributed by atoms with Gasteiger partial charge in [0, 0.05) is 12.5 Å². The predicted molar refractivity (Wildman–Crippen MR) is 58.8 cm³/mol. The van der Waals surface area contributed by atoms with E-state index in [0.29, 0.717) is 5.75 Å². The molecular formula is C12H11NO5. The predicted octanol–water partition coefficient (Wildman–Crippen LogP) is 0.903.